The fraction of sp³-hybridized carbons (Fsp3) is 0.357. The van der Waals surface area contributed by atoms with Gasteiger partial charge in [-0.3, -0.25) is 4.79 Å². The molecule has 112 valence electrons. The lowest BCUT2D eigenvalue weighted by Gasteiger charge is -2.11. The molecule has 0 saturated heterocycles. The van der Waals surface area contributed by atoms with Gasteiger partial charge in [0.15, 0.2) is 11.0 Å². The van der Waals surface area contributed by atoms with Crippen LogP contribution in [0.15, 0.2) is 23.4 Å². The molecule has 0 fully saturated rings. The van der Waals surface area contributed by atoms with Crippen molar-refractivity contribution in [3.05, 3.63) is 35.2 Å². The molecule has 1 aromatic carbocycles. The Morgan fingerprint density at radius 2 is 2.00 bits per heavy atom. The smallest absolute Gasteiger partial charge is 0.313 e. The van der Waals surface area contributed by atoms with E-state index in [1.54, 1.807) is 11.6 Å². The Morgan fingerprint density at radius 1 is 1.33 bits per heavy atom. The van der Waals surface area contributed by atoms with Gasteiger partial charge in [-0.1, -0.05) is 30.0 Å². The van der Waals surface area contributed by atoms with Crippen LogP contribution in [0.2, 0.25) is 0 Å². The van der Waals surface area contributed by atoms with Gasteiger partial charge in [-0.05, 0) is 25.0 Å². The number of aryl methyl sites for hydroxylation is 2. The SMILES string of the molecule is Cc1cccc(C)c1OCc1nnc(SCC(=O)O)n1C. The van der Waals surface area contributed by atoms with Crippen LogP contribution in [0.3, 0.4) is 0 Å². The monoisotopic (exact) mass is 307 g/mol. The van der Waals surface area contributed by atoms with Crippen LogP contribution in [0.25, 0.3) is 0 Å². The number of rotatable bonds is 6. The Bertz CT molecular complexity index is 635. The number of ether oxygens (including phenoxy) is 1. The van der Waals surface area contributed by atoms with Crippen LogP contribution in [0.1, 0.15) is 17.0 Å². The third kappa shape index (κ3) is 3.75. The molecule has 6 nitrogen and oxygen atoms in total. The largest absolute Gasteiger partial charge is 0.485 e. The van der Waals surface area contributed by atoms with Gasteiger partial charge in [0, 0.05) is 7.05 Å². The number of hydrogen-bond acceptors (Lipinski definition) is 5. The highest BCUT2D eigenvalue weighted by molar-refractivity contribution is 7.99. The highest BCUT2D eigenvalue weighted by atomic mass is 32.2. The van der Waals surface area contributed by atoms with Gasteiger partial charge in [-0.25, -0.2) is 0 Å². The van der Waals surface area contributed by atoms with Gasteiger partial charge in [-0.15, -0.1) is 10.2 Å². The summed E-state index contributed by atoms with van der Waals surface area (Å²) in [6.07, 6.45) is 0. The normalized spacial score (nSPS) is 10.6. The van der Waals surface area contributed by atoms with E-state index in [0.29, 0.717) is 17.6 Å². The summed E-state index contributed by atoms with van der Waals surface area (Å²) in [5, 5.41) is 17.3. The molecule has 0 spiro atoms. The van der Waals surface area contributed by atoms with Gasteiger partial charge in [0.2, 0.25) is 0 Å². The Labute approximate surface area is 127 Å². The van der Waals surface area contributed by atoms with Gasteiger partial charge < -0.3 is 14.4 Å². The van der Waals surface area contributed by atoms with Crippen molar-refractivity contribution in [1.29, 1.82) is 0 Å². The molecular formula is C14H17N3O3S. The minimum Gasteiger partial charge on any atom is -0.485 e. The van der Waals surface area contributed by atoms with Crippen molar-refractivity contribution in [3.8, 4) is 5.75 Å². The lowest BCUT2D eigenvalue weighted by Crippen LogP contribution is -2.06. The van der Waals surface area contributed by atoms with E-state index in [1.807, 2.05) is 32.0 Å². The summed E-state index contributed by atoms with van der Waals surface area (Å²) in [4.78, 5) is 10.6. The molecule has 0 amide bonds. The van der Waals surface area contributed by atoms with Crippen LogP contribution >= 0.6 is 11.8 Å². The number of aliphatic carboxylic acids is 1. The average molecular weight is 307 g/mol. The lowest BCUT2D eigenvalue weighted by atomic mass is 10.1. The van der Waals surface area contributed by atoms with Crippen LogP contribution in [-0.2, 0) is 18.4 Å². The van der Waals surface area contributed by atoms with E-state index in [2.05, 4.69) is 10.2 Å². The predicted molar refractivity (Wildman–Crippen MR) is 79.6 cm³/mol. The summed E-state index contributed by atoms with van der Waals surface area (Å²) in [7, 11) is 1.80. The average Bonchev–Trinajstić information content (AvgIpc) is 2.77. The number of hydrogen-bond donors (Lipinski definition) is 1. The first-order valence-corrected chi connectivity index (χ1v) is 7.39. The van der Waals surface area contributed by atoms with Crippen LogP contribution in [-0.4, -0.2) is 31.6 Å². The van der Waals surface area contributed by atoms with Crippen molar-refractivity contribution in [2.45, 2.75) is 25.6 Å². The molecule has 0 unspecified atom stereocenters. The second kappa shape index (κ2) is 6.62. The van der Waals surface area contributed by atoms with Crippen molar-refractivity contribution in [3.63, 3.8) is 0 Å². The highest BCUT2D eigenvalue weighted by Crippen LogP contribution is 2.23. The molecule has 1 aromatic heterocycles. The number of aromatic nitrogens is 3. The van der Waals surface area contributed by atoms with Crippen molar-refractivity contribution in [1.82, 2.24) is 14.8 Å². The number of carboxylic acid groups (broad SMARTS) is 1. The fourth-order valence-corrected chi connectivity index (χ4v) is 2.54. The number of carboxylic acids is 1. The standard InChI is InChI=1S/C14H17N3O3S/c1-9-5-4-6-10(2)13(9)20-7-11-15-16-14(17(11)3)21-8-12(18)19/h4-6H,7-8H2,1-3H3,(H,18,19). The number of carbonyl (C=O) groups is 1. The van der Waals surface area contributed by atoms with Crippen molar-refractivity contribution >= 4 is 17.7 Å². The zero-order valence-electron chi connectivity index (χ0n) is 12.2. The lowest BCUT2D eigenvalue weighted by molar-refractivity contribution is -0.133. The first kappa shape index (κ1) is 15.4. The van der Waals surface area contributed by atoms with Gasteiger partial charge in [0.1, 0.15) is 12.4 Å². The van der Waals surface area contributed by atoms with Crippen LogP contribution in [0, 0.1) is 13.8 Å². The topological polar surface area (TPSA) is 77.2 Å². The molecule has 1 heterocycles. The summed E-state index contributed by atoms with van der Waals surface area (Å²) in [5.41, 5.74) is 2.13. The second-order valence-corrected chi connectivity index (χ2v) is 5.59. The predicted octanol–water partition coefficient (Wildman–Crippen LogP) is 2.19. The summed E-state index contributed by atoms with van der Waals surface area (Å²) in [5.74, 6) is 0.589. The van der Waals surface area contributed by atoms with E-state index in [0.717, 1.165) is 28.6 Å². The van der Waals surface area contributed by atoms with Gasteiger partial charge >= 0.3 is 5.97 Å². The summed E-state index contributed by atoms with van der Waals surface area (Å²) in [6, 6.07) is 5.97. The first-order valence-electron chi connectivity index (χ1n) is 6.41. The van der Waals surface area contributed by atoms with Crippen molar-refractivity contribution < 1.29 is 14.6 Å². The molecule has 0 aliphatic carbocycles. The number of thioether (sulfide) groups is 1. The molecule has 0 saturated carbocycles. The molecule has 1 N–H and O–H groups in total. The molecule has 0 radical (unpaired) electrons. The van der Waals surface area contributed by atoms with Crippen LogP contribution in [0.5, 0.6) is 5.75 Å². The molecule has 0 aliphatic heterocycles. The molecule has 2 aromatic rings. The molecular weight excluding hydrogens is 290 g/mol. The van der Waals surface area contributed by atoms with Crippen molar-refractivity contribution in [2.24, 2.45) is 7.05 Å². The Hall–Kier alpha value is -2.02. The zero-order chi connectivity index (χ0) is 15.4. The highest BCUT2D eigenvalue weighted by Gasteiger charge is 2.12. The minimum absolute atomic E-state index is 0.0380. The van der Waals surface area contributed by atoms with E-state index in [1.165, 1.54) is 0 Å². The molecule has 0 atom stereocenters. The van der Waals surface area contributed by atoms with Gasteiger partial charge in [0.05, 0.1) is 5.75 Å². The van der Waals surface area contributed by atoms with Gasteiger partial charge in [-0.2, -0.15) is 0 Å². The van der Waals surface area contributed by atoms with Gasteiger partial charge in [0.25, 0.3) is 0 Å². The maximum Gasteiger partial charge on any atom is 0.313 e. The van der Waals surface area contributed by atoms with E-state index in [-0.39, 0.29) is 5.75 Å². The number of nitrogens with zero attached hydrogens (tertiary/aromatic N) is 3. The number of para-hydroxylation sites is 1. The third-order valence-electron chi connectivity index (χ3n) is 3.00. The molecule has 7 heteroatoms. The Kier molecular flexibility index (Phi) is 4.85. The summed E-state index contributed by atoms with van der Waals surface area (Å²) < 4.78 is 7.58. The van der Waals surface area contributed by atoms with Crippen LogP contribution < -0.4 is 4.74 Å². The Balaban J connectivity index is 2.05. The number of benzene rings is 1. The molecule has 21 heavy (non-hydrogen) atoms. The summed E-state index contributed by atoms with van der Waals surface area (Å²) in [6.45, 7) is 4.28. The van der Waals surface area contributed by atoms with E-state index in [4.69, 9.17) is 9.84 Å². The summed E-state index contributed by atoms with van der Waals surface area (Å²) >= 11 is 1.14. The Morgan fingerprint density at radius 3 is 2.62 bits per heavy atom. The van der Waals surface area contributed by atoms with Crippen molar-refractivity contribution in [2.75, 3.05) is 5.75 Å². The maximum absolute atomic E-state index is 10.6. The zero-order valence-corrected chi connectivity index (χ0v) is 13.0. The molecule has 2 rings (SSSR count). The maximum atomic E-state index is 10.6. The van der Waals surface area contributed by atoms with Crippen LogP contribution in [0.4, 0.5) is 0 Å². The van der Waals surface area contributed by atoms with E-state index < -0.39 is 5.97 Å². The third-order valence-corrected chi connectivity index (χ3v) is 4.01. The molecule has 0 bridgehead atoms. The van der Waals surface area contributed by atoms with E-state index in [9.17, 15) is 4.79 Å². The first-order chi connectivity index (χ1) is 9.99. The fourth-order valence-electron chi connectivity index (χ4n) is 1.89. The molecule has 0 aliphatic rings. The van der Waals surface area contributed by atoms with E-state index >= 15 is 0 Å². The quantitative estimate of drug-likeness (QED) is 0.824. The second-order valence-electron chi connectivity index (χ2n) is 4.65. The minimum atomic E-state index is -0.878.